The third-order valence-electron chi connectivity index (χ3n) is 5.48. The minimum atomic E-state index is -0.628. The lowest BCUT2D eigenvalue weighted by Gasteiger charge is -2.16. The Bertz CT molecular complexity index is 1260. The van der Waals surface area contributed by atoms with Crippen LogP contribution >= 0.6 is 22.9 Å². The van der Waals surface area contributed by atoms with Gasteiger partial charge in [0.1, 0.15) is 11.5 Å². The summed E-state index contributed by atoms with van der Waals surface area (Å²) in [5.41, 5.74) is 2.77. The number of nitrogens with zero attached hydrogens (tertiary/aromatic N) is 1. The fraction of sp³-hybridized carbons (Fsp3) is 0.308. The number of aryl methyl sites for hydroxylation is 1. The van der Waals surface area contributed by atoms with Crippen LogP contribution in [0.3, 0.4) is 0 Å². The van der Waals surface area contributed by atoms with Gasteiger partial charge in [-0.25, -0.2) is 9.78 Å². The van der Waals surface area contributed by atoms with Crippen molar-refractivity contribution in [3.8, 4) is 17.2 Å². The second-order valence-corrected chi connectivity index (χ2v) is 9.04. The molecule has 0 N–H and O–H groups in total. The predicted molar refractivity (Wildman–Crippen MR) is 134 cm³/mol. The zero-order valence-electron chi connectivity index (χ0n) is 19.3. The highest BCUT2D eigenvalue weighted by Gasteiger charge is 2.22. The molecule has 0 bridgehead atoms. The van der Waals surface area contributed by atoms with Gasteiger partial charge in [0.2, 0.25) is 5.89 Å². The molecule has 0 aliphatic carbocycles. The first-order valence-electron chi connectivity index (χ1n) is 11.0. The van der Waals surface area contributed by atoms with E-state index in [0.717, 1.165) is 38.4 Å². The highest BCUT2D eigenvalue weighted by molar-refractivity contribution is 7.17. The predicted octanol–water partition coefficient (Wildman–Crippen LogP) is 6.26. The normalized spacial score (nSPS) is 12.1. The molecule has 2 heterocycles. The summed E-state index contributed by atoms with van der Waals surface area (Å²) in [5.74, 6) is 1.77. The highest BCUT2D eigenvalue weighted by Crippen LogP contribution is 2.34. The van der Waals surface area contributed by atoms with Crippen molar-refractivity contribution in [3.63, 3.8) is 0 Å². The molecule has 6 nitrogen and oxygen atoms in total. The van der Waals surface area contributed by atoms with Gasteiger partial charge in [0.25, 0.3) is 0 Å². The molecule has 0 fully saturated rings. The molecule has 4 rings (SSSR count). The second kappa shape index (κ2) is 11.0. The maximum atomic E-state index is 12.1. The van der Waals surface area contributed by atoms with Crippen LogP contribution in [0, 0.1) is 6.92 Å². The average Bonchev–Trinajstić information content (AvgIpc) is 3.47. The van der Waals surface area contributed by atoms with Crippen molar-refractivity contribution in [1.82, 2.24) is 4.98 Å². The maximum absolute atomic E-state index is 12.1. The number of halogens is 1. The van der Waals surface area contributed by atoms with Gasteiger partial charge in [-0.3, -0.25) is 0 Å². The Morgan fingerprint density at radius 1 is 1.18 bits per heavy atom. The van der Waals surface area contributed by atoms with E-state index in [9.17, 15) is 4.79 Å². The van der Waals surface area contributed by atoms with Crippen molar-refractivity contribution in [2.45, 2.75) is 32.8 Å². The van der Waals surface area contributed by atoms with Gasteiger partial charge in [-0.2, -0.15) is 0 Å². The average molecular weight is 500 g/mol. The lowest BCUT2D eigenvalue weighted by atomic mass is 10.1. The van der Waals surface area contributed by atoms with Gasteiger partial charge in [-0.1, -0.05) is 17.7 Å². The van der Waals surface area contributed by atoms with Crippen LogP contribution in [0.25, 0.3) is 21.5 Å². The molecular weight excluding hydrogens is 474 g/mol. The van der Waals surface area contributed by atoms with Crippen LogP contribution in [0.5, 0.6) is 5.75 Å². The van der Waals surface area contributed by atoms with E-state index in [1.807, 2.05) is 61.7 Å². The molecule has 4 aromatic rings. The van der Waals surface area contributed by atoms with Crippen LogP contribution in [0.1, 0.15) is 23.9 Å². The van der Waals surface area contributed by atoms with Crippen LogP contribution < -0.4 is 4.74 Å². The number of ether oxygens (including phenoxy) is 3. The van der Waals surface area contributed by atoms with E-state index in [2.05, 4.69) is 4.98 Å². The molecule has 1 unspecified atom stereocenters. The van der Waals surface area contributed by atoms with E-state index < -0.39 is 6.10 Å². The molecule has 2 aromatic carbocycles. The third kappa shape index (κ3) is 5.43. The number of fused-ring (bicyclic) bond motifs is 1. The lowest BCUT2D eigenvalue weighted by Crippen LogP contribution is -2.28. The van der Waals surface area contributed by atoms with Gasteiger partial charge >= 0.3 is 5.97 Å². The number of carbonyl (C=O) groups is 1. The Hall–Kier alpha value is -2.87. The van der Waals surface area contributed by atoms with E-state index in [1.165, 1.54) is 7.11 Å². The fourth-order valence-corrected chi connectivity index (χ4v) is 4.82. The Morgan fingerprint density at radius 2 is 1.97 bits per heavy atom. The molecule has 0 saturated heterocycles. The van der Waals surface area contributed by atoms with E-state index >= 15 is 0 Å². The summed E-state index contributed by atoms with van der Waals surface area (Å²) in [7, 11) is 1.38. The van der Waals surface area contributed by atoms with E-state index in [0.29, 0.717) is 37.0 Å². The van der Waals surface area contributed by atoms with Crippen LogP contribution in [0.4, 0.5) is 0 Å². The van der Waals surface area contributed by atoms with E-state index in [1.54, 1.807) is 11.3 Å². The van der Waals surface area contributed by atoms with Crippen LogP contribution in [-0.4, -0.2) is 37.4 Å². The molecule has 0 amide bonds. The Kier molecular flexibility index (Phi) is 7.88. The number of rotatable bonds is 10. The highest BCUT2D eigenvalue weighted by atomic mass is 35.5. The number of hydrogen-bond acceptors (Lipinski definition) is 7. The summed E-state index contributed by atoms with van der Waals surface area (Å²) in [5, 5.41) is 3.71. The molecule has 8 heteroatoms. The molecule has 0 aliphatic heterocycles. The first-order valence-corrected chi connectivity index (χ1v) is 12.3. The molecule has 2 aromatic heterocycles. The summed E-state index contributed by atoms with van der Waals surface area (Å²) in [4.78, 5) is 16.7. The maximum Gasteiger partial charge on any atom is 0.335 e. The monoisotopic (exact) mass is 499 g/mol. The molecule has 0 spiro atoms. The smallest absolute Gasteiger partial charge is 0.335 e. The van der Waals surface area contributed by atoms with Crippen molar-refractivity contribution >= 4 is 39.0 Å². The van der Waals surface area contributed by atoms with Crippen molar-refractivity contribution in [2.75, 3.05) is 20.3 Å². The number of benzene rings is 2. The van der Waals surface area contributed by atoms with Crippen LogP contribution in [0.15, 0.2) is 52.3 Å². The minimum absolute atomic E-state index is 0.368. The Balaban J connectivity index is 1.45. The largest absolute Gasteiger partial charge is 0.493 e. The summed E-state index contributed by atoms with van der Waals surface area (Å²) in [6, 6.07) is 13.4. The number of carbonyl (C=O) groups excluding carboxylic acids is 1. The quantitative estimate of drug-likeness (QED) is 0.240. The van der Waals surface area contributed by atoms with Crippen LogP contribution in [0.2, 0.25) is 5.02 Å². The van der Waals surface area contributed by atoms with Gasteiger partial charge < -0.3 is 18.6 Å². The van der Waals surface area contributed by atoms with Crippen molar-refractivity contribution < 1.29 is 23.4 Å². The lowest BCUT2D eigenvalue weighted by molar-refractivity contribution is -0.153. The first kappa shape index (κ1) is 24.3. The molecule has 0 aliphatic rings. The summed E-state index contributed by atoms with van der Waals surface area (Å²) < 4.78 is 23.5. The Morgan fingerprint density at radius 3 is 2.71 bits per heavy atom. The van der Waals surface area contributed by atoms with Crippen LogP contribution in [-0.2, 0) is 27.1 Å². The molecule has 0 radical (unpaired) electrons. The molecule has 34 heavy (non-hydrogen) atoms. The number of aromatic nitrogens is 1. The van der Waals surface area contributed by atoms with Crippen molar-refractivity contribution in [1.29, 1.82) is 0 Å². The molecule has 0 saturated carbocycles. The van der Waals surface area contributed by atoms with Gasteiger partial charge in [0.05, 0.1) is 19.4 Å². The van der Waals surface area contributed by atoms with Crippen molar-refractivity contribution in [2.24, 2.45) is 0 Å². The van der Waals surface area contributed by atoms with Gasteiger partial charge in [0, 0.05) is 40.1 Å². The topological polar surface area (TPSA) is 70.8 Å². The number of oxazole rings is 1. The zero-order chi connectivity index (χ0) is 24.1. The third-order valence-corrected chi connectivity index (χ3v) is 6.72. The summed E-state index contributed by atoms with van der Waals surface area (Å²) in [6.45, 7) is 4.67. The SMILES string of the molecule is CCOC(Cc1ccc(OCCc2nc(-c3ccc(Cl)cc3)oc2C)c2ccsc12)C(=O)OC. The van der Waals surface area contributed by atoms with E-state index in [-0.39, 0.29) is 5.97 Å². The van der Waals surface area contributed by atoms with E-state index in [4.69, 9.17) is 30.2 Å². The number of hydrogen-bond donors (Lipinski definition) is 0. The summed E-state index contributed by atoms with van der Waals surface area (Å²) in [6.07, 6.45) is 0.436. The first-order chi connectivity index (χ1) is 16.5. The Labute approximate surface area is 207 Å². The van der Waals surface area contributed by atoms with Crippen molar-refractivity contribution in [3.05, 3.63) is 69.9 Å². The fourth-order valence-electron chi connectivity index (χ4n) is 3.76. The summed E-state index contributed by atoms with van der Waals surface area (Å²) >= 11 is 7.59. The number of esters is 1. The van der Waals surface area contributed by atoms with Gasteiger partial charge in [0.15, 0.2) is 6.10 Å². The minimum Gasteiger partial charge on any atom is -0.493 e. The standard InChI is InChI=1S/C26H26ClNO5S/c1-4-31-23(26(29)30-3)15-18-7-10-22(20-12-14-34-24(18)20)32-13-11-21-16(2)33-25(28-21)17-5-8-19(27)9-6-17/h5-10,12,14,23H,4,11,13,15H2,1-3H3. The number of thiophene rings is 1. The molecule has 1 atom stereocenters. The molecule has 178 valence electrons. The van der Waals surface area contributed by atoms with Gasteiger partial charge in [-0.05, 0) is 61.2 Å². The molecular formula is C26H26ClNO5S. The number of methoxy groups -OCH3 is 1. The zero-order valence-corrected chi connectivity index (χ0v) is 20.9. The van der Waals surface area contributed by atoms with Gasteiger partial charge in [-0.15, -0.1) is 11.3 Å². The second-order valence-electron chi connectivity index (χ2n) is 7.68.